The van der Waals surface area contributed by atoms with Gasteiger partial charge in [-0.1, -0.05) is 39.5 Å². The third kappa shape index (κ3) is 4.58. The van der Waals surface area contributed by atoms with E-state index in [0.717, 1.165) is 51.4 Å². The monoisotopic (exact) mass is 430 g/mol. The molecule has 4 fully saturated rings. The third-order valence-corrected chi connectivity index (χ3v) is 9.79. The van der Waals surface area contributed by atoms with E-state index >= 15 is 17.6 Å². The zero-order valence-electron chi connectivity index (χ0n) is 18.9. The topological polar surface area (TPSA) is 0 Å². The Labute approximate surface area is 181 Å². The van der Waals surface area contributed by atoms with Gasteiger partial charge in [-0.3, -0.25) is 0 Å². The van der Waals surface area contributed by atoms with Crippen LogP contribution in [0.25, 0.3) is 0 Å². The van der Waals surface area contributed by atoms with Crippen LogP contribution in [-0.4, -0.2) is 24.7 Å². The molecule has 0 aliphatic heterocycles. The summed E-state index contributed by atoms with van der Waals surface area (Å²) in [7, 11) is 0. The van der Waals surface area contributed by atoms with E-state index in [1.807, 2.05) is 0 Å². The Hall–Kier alpha value is -0.280. The third-order valence-electron chi connectivity index (χ3n) is 9.79. The van der Waals surface area contributed by atoms with E-state index in [0.29, 0.717) is 37.5 Å². The van der Waals surface area contributed by atoms with E-state index in [9.17, 15) is 0 Å². The van der Waals surface area contributed by atoms with Crippen molar-refractivity contribution < 1.29 is 17.6 Å². The van der Waals surface area contributed by atoms with Gasteiger partial charge in [0.25, 0.3) is 0 Å². The molecule has 4 saturated carbocycles. The Balaban J connectivity index is 1.35. The molecule has 174 valence electrons. The molecule has 4 aliphatic rings. The largest absolute Gasteiger partial charge is 0.244 e. The summed E-state index contributed by atoms with van der Waals surface area (Å²) in [4.78, 5) is 0. The summed E-state index contributed by atoms with van der Waals surface area (Å²) in [6.07, 6.45) is 4.52. The molecule has 0 spiro atoms. The highest BCUT2D eigenvalue weighted by atomic mass is 19.2. The molecule has 0 bridgehead atoms. The first kappa shape index (κ1) is 22.9. The lowest BCUT2D eigenvalue weighted by Crippen LogP contribution is -2.50. The first-order valence-corrected chi connectivity index (χ1v) is 12.9. The molecule has 7 unspecified atom stereocenters. The molecule has 0 aromatic carbocycles. The smallest absolute Gasteiger partial charge is 0.135 e. The van der Waals surface area contributed by atoms with Crippen LogP contribution in [0.1, 0.15) is 90.9 Å². The van der Waals surface area contributed by atoms with Gasteiger partial charge < -0.3 is 0 Å². The van der Waals surface area contributed by atoms with Crippen molar-refractivity contribution >= 4 is 0 Å². The fourth-order valence-electron chi connectivity index (χ4n) is 7.67. The maximum atomic E-state index is 15.2. The fourth-order valence-corrected chi connectivity index (χ4v) is 7.67. The van der Waals surface area contributed by atoms with Crippen LogP contribution >= 0.6 is 0 Å². The summed E-state index contributed by atoms with van der Waals surface area (Å²) in [5, 5.41) is 0. The average Bonchev–Trinajstić information content (AvgIpc) is 2.74. The van der Waals surface area contributed by atoms with Crippen LogP contribution < -0.4 is 0 Å². The van der Waals surface area contributed by atoms with Crippen molar-refractivity contribution in [2.45, 2.75) is 116 Å². The highest BCUT2D eigenvalue weighted by molar-refractivity contribution is 5.00. The van der Waals surface area contributed by atoms with Crippen molar-refractivity contribution in [3.8, 4) is 0 Å². The molecular formula is C26H42F4. The number of hydrogen-bond acceptors (Lipinski definition) is 0. The molecule has 0 nitrogen and oxygen atoms in total. The van der Waals surface area contributed by atoms with E-state index in [1.54, 1.807) is 0 Å². The van der Waals surface area contributed by atoms with Crippen LogP contribution in [0.3, 0.4) is 0 Å². The fraction of sp³-hybridized carbons (Fsp3) is 1.00. The normalized spacial score (nSPS) is 53.4. The molecule has 0 saturated heterocycles. The SMILES string of the molecule is CC1CCC(C2CCC(C3CC[C@@H](C4CCC(C)CC4)C(F)C3F)C(F)C2F)CC1. The molecule has 0 N–H and O–H groups in total. The highest BCUT2D eigenvalue weighted by Crippen LogP contribution is 2.51. The molecule has 0 aromatic rings. The predicted octanol–water partition coefficient (Wildman–Crippen LogP) is 8.04. The number of rotatable bonds is 3. The molecule has 0 radical (unpaired) electrons. The van der Waals surface area contributed by atoms with Crippen molar-refractivity contribution in [1.82, 2.24) is 0 Å². The minimum absolute atomic E-state index is 0.219. The lowest BCUT2D eigenvalue weighted by atomic mass is 9.61. The molecule has 4 rings (SSSR count). The second-order valence-electron chi connectivity index (χ2n) is 11.6. The van der Waals surface area contributed by atoms with Crippen LogP contribution in [0.15, 0.2) is 0 Å². The van der Waals surface area contributed by atoms with Crippen molar-refractivity contribution in [1.29, 1.82) is 0 Å². The minimum Gasteiger partial charge on any atom is -0.244 e. The Morgan fingerprint density at radius 3 is 0.967 bits per heavy atom. The van der Waals surface area contributed by atoms with Crippen LogP contribution in [0.4, 0.5) is 17.6 Å². The summed E-state index contributed by atoms with van der Waals surface area (Å²) >= 11 is 0. The van der Waals surface area contributed by atoms with E-state index in [4.69, 9.17) is 0 Å². The zero-order valence-corrected chi connectivity index (χ0v) is 18.9. The van der Waals surface area contributed by atoms with Crippen molar-refractivity contribution in [3.63, 3.8) is 0 Å². The van der Waals surface area contributed by atoms with E-state index < -0.39 is 36.5 Å². The first-order chi connectivity index (χ1) is 14.4. The van der Waals surface area contributed by atoms with Crippen molar-refractivity contribution in [2.75, 3.05) is 0 Å². The summed E-state index contributed by atoms with van der Waals surface area (Å²) < 4.78 is 60.8. The van der Waals surface area contributed by atoms with Gasteiger partial charge in [0, 0.05) is 0 Å². The van der Waals surface area contributed by atoms with E-state index in [2.05, 4.69) is 13.8 Å². The Kier molecular flexibility index (Phi) is 7.40. The summed E-state index contributed by atoms with van der Waals surface area (Å²) in [5.74, 6) is 0.206. The number of halogens is 4. The molecule has 0 heterocycles. The number of alkyl halides is 4. The second kappa shape index (κ2) is 9.69. The van der Waals surface area contributed by atoms with Crippen molar-refractivity contribution in [2.24, 2.45) is 47.3 Å². The van der Waals surface area contributed by atoms with E-state index in [-0.39, 0.29) is 23.7 Å². The van der Waals surface area contributed by atoms with Gasteiger partial charge in [0.05, 0.1) is 0 Å². The van der Waals surface area contributed by atoms with Gasteiger partial charge >= 0.3 is 0 Å². The lowest BCUT2D eigenvalue weighted by molar-refractivity contribution is -0.0815. The van der Waals surface area contributed by atoms with Crippen molar-refractivity contribution in [3.05, 3.63) is 0 Å². The van der Waals surface area contributed by atoms with Crippen LogP contribution in [0, 0.1) is 47.3 Å². The Morgan fingerprint density at radius 2 is 0.633 bits per heavy atom. The predicted molar refractivity (Wildman–Crippen MR) is 114 cm³/mol. The molecule has 30 heavy (non-hydrogen) atoms. The summed E-state index contributed by atoms with van der Waals surface area (Å²) in [6.45, 7) is 4.47. The maximum absolute atomic E-state index is 15.2. The van der Waals surface area contributed by atoms with Gasteiger partial charge in [-0.25, -0.2) is 17.6 Å². The average molecular weight is 431 g/mol. The lowest BCUT2D eigenvalue weighted by Gasteiger charge is -2.47. The molecular weight excluding hydrogens is 388 g/mol. The number of hydrogen-bond donors (Lipinski definition) is 0. The van der Waals surface area contributed by atoms with Crippen LogP contribution in [0.2, 0.25) is 0 Å². The molecule has 0 amide bonds. The van der Waals surface area contributed by atoms with Gasteiger partial charge in [0.2, 0.25) is 0 Å². The van der Waals surface area contributed by atoms with Gasteiger partial charge in [-0.15, -0.1) is 0 Å². The van der Waals surface area contributed by atoms with Crippen LogP contribution in [0.5, 0.6) is 0 Å². The molecule has 8 atom stereocenters. The van der Waals surface area contributed by atoms with Gasteiger partial charge in [0.1, 0.15) is 24.7 Å². The maximum Gasteiger partial charge on any atom is 0.135 e. The van der Waals surface area contributed by atoms with Gasteiger partial charge in [-0.2, -0.15) is 0 Å². The Bertz CT molecular complexity index is 489. The van der Waals surface area contributed by atoms with Gasteiger partial charge in [-0.05, 0) is 98.7 Å². The highest BCUT2D eigenvalue weighted by Gasteiger charge is 2.52. The first-order valence-electron chi connectivity index (χ1n) is 12.9. The standard InChI is InChI=1S/C26H42F4/c1-15-3-7-17(8-4-15)19-11-13-21(25(29)23(19)27)22-14-12-20(24(28)26(22)30)18-9-5-16(2)6-10-18/h15-26H,3-14H2,1-2H3/t15?,16?,17?,18?,19-,20?,21?,22?,23?,24?,25?,26?/m0/s1. The Morgan fingerprint density at radius 1 is 0.367 bits per heavy atom. The summed E-state index contributed by atoms with van der Waals surface area (Å²) in [5.41, 5.74) is 0. The second-order valence-corrected chi connectivity index (χ2v) is 11.6. The zero-order chi connectivity index (χ0) is 21.4. The van der Waals surface area contributed by atoms with Crippen LogP contribution in [-0.2, 0) is 0 Å². The van der Waals surface area contributed by atoms with E-state index in [1.165, 1.54) is 0 Å². The summed E-state index contributed by atoms with van der Waals surface area (Å²) in [6, 6.07) is 0. The van der Waals surface area contributed by atoms with Gasteiger partial charge in [0.15, 0.2) is 0 Å². The molecule has 4 heteroatoms. The molecule has 4 aliphatic carbocycles. The molecule has 0 aromatic heterocycles. The minimum atomic E-state index is -1.62. The quantitative estimate of drug-likeness (QED) is 0.397.